The number of rotatable bonds is 7. The second kappa shape index (κ2) is 7.89. The van der Waals surface area contributed by atoms with Gasteiger partial charge in [0.15, 0.2) is 0 Å². The van der Waals surface area contributed by atoms with Crippen LogP contribution in [0.2, 0.25) is 0 Å². The molecular formula is C19H24O5S. The molecule has 0 saturated carbocycles. The van der Waals surface area contributed by atoms with Crippen LogP contribution in [-0.4, -0.2) is 28.7 Å². The third kappa shape index (κ3) is 4.74. The van der Waals surface area contributed by atoms with Gasteiger partial charge in [-0.05, 0) is 50.6 Å². The number of benzene rings is 2. The van der Waals surface area contributed by atoms with Gasteiger partial charge in [0.2, 0.25) is 0 Å². The molecule has 25 heavy (non-hydrogen) atoms. The summed E-state index contributed by atoms with van der Waals surface area (Å²) in [5, 5.41) is 0. The summed E-state index contributed by atoms with van der Waals surface area (Å²) in [7, 11) is -0.632. The van der Waals surface area contributed by atoms with E-state index in [-0.39, 0.29) is 4.90 Å². The van der Waals surface area contributed by atoms with Crippen molar-refractivity contribution in [2.24, 2.45) is 0 Å². The van der Waals surface area contributed by atoms with Crippen molar-refractivity contribution < 1.29 is 22.1 Å². The Kier molecular flexibility index (Phi) is 6.08. The molecule has 136 valence electrons. The zero-order valence-electron chi connectivity index (χ0n) is 15.2. The van der Waals surface area contributed by atoms with E-state index in [1.165, 1.54) is 0 Å². The number of hydrogen-bond acceptors (Lipinski definition) is 5. The third-order valence-corrected chi connectivity index (χ3v) is 5.34. The van der Waals surface area contributed by atoms with Crippen molar-refractivity contribution in [1.82, 2.24) is 0 Å². The molecule has 0 radical (unpaired) electrons. The fourth-order valence-corrected chi connectivity index (χ4v) is 3.67. The van der Waals surface area contributed by atoms with Gasteiger partial charge in [-0.3, -0.25) is 4.18 Å². The second-order valence-corrected chi connectivity index (χ2v) is 7.58. The summed E-state index contributed by atoms with van der Waals surface area (Å²) in [6.45, 7) is 5.54. The zero-order chi connectivity index (χ0) is 18.6. The first-order valence-corrected chi connectivity index (χ1v) is 9.39. The Morgan fingerprint density at radius 2 is 1.56 bits per heavy atom. The van der Waals surface area contributed by atoms with Crippen LogP contribution in [0, 0.1) is 13.8 Å². The van der Waals surface area contributed by atoms with Gasteiger partial charge in [-0.25, -0.2) is 0 Å². The van der Waals surface area contributed by atoms with Crippen molar-refractivity contribution in [1.29, 1.82) is 0 Å². The van der Waals surface area contributed by atoms with Crippen LogP contribution >= 0.6 is 0 Å². The minimum absolute atomic E-state index is 0.151. The second-order valence-electron chi connectivity index (χ2n) is 6.01. The van der Waals surface area contributed by atoms with Gasteiger partial charge in [-0.1, -0.05) is 17.7 Å². The van der Waals surface area contributed by atoms with Crippen LogP contribution in [0.25, 0.3) is 0 Å². The van der Waals surface area contributed by atoms with Gasteiger partial charge >= 0.3 is 0 Å². The predicted octanol–water partition coefficient (Wildman–Crippen LogP) is 3.66. The van der Waals surface area contributed by atoms with Crippen molar-refractivity contribution in [3.63, 3.8) is 0 Å². The molecule has 0 aliphatic rings. The zero-order valence-corrected chi connectivity index (χ0v) is 16.0. The molecule has 6 heteroatoms. The van der Waals surface area contributed by atoms with Crippen LogP contribution in [0.4, 0.5) is 0 Å². The Balaban J connectivity index is 2.19. The average molecular weight is 364 g/mol. The van der Waals surface area contributed by atoms with Crippen LogP contribution in [0.1, 0.15) is 23.6 Å². The Bertz CT molecular complexity index is 826. The summed E-state index contributed by atoms with van der Waals surface area (Å²) < 4.78 is 40.9. The molecule has 0 fully saturated rings. The highest BCUT2D eigenvalue weighted by atomic mass is 32.2. The van der Waals surface area contributed by atoms with E-state index in [9.17, 15) is 8.42 Å². The monoisotopic (exact) mass is 364 g/mol. The fraction of sp³-hybridized carbons (Fsp3) is 0.368. The average Bonchev–Trinajstić information content (AvgIpc) is 2.55. The third-order valence-electron chi connectivity index (χ3n) is 3.91. The topological polar surface area (TPSA) is 61.8 Å². The van der Waals surface area contributed by atoms with E-state index < -0.39 is 16.2 Å². The maximum Gasteiger partial charge on any atom is 0.297 e. The van der Waals surface area contributed by atoms with Crippen LogP contribution < -0.4 is 9.47 Å². The lowest BCUT2D eigenvalue weighted by atomic mass is 10.0. The highest BCUT2D eigenvalue weighted by Crippen LogP contribution is 2.30. The van der Waals surface area contributed by atoms with Crippen LogP contribution in [0.15, 0.2) is 41.3 Å². The van der Waals surface area contributed by atoms with Crippen molar-refractivity contribution in [3.8, 4) is 11.5 Å². The minimum Gasteiger partial charge on any atom is -0.496 e. The summed E-state index contributed by atoms with van der Waals surface area (Å²) in [4.78, 5) is 0.151. The van der Waals surface area contributed by atoms with E-state index >= 15 is 0 Å². The molecule has 0 bridgehead atoms. The van der Waals surface area contributed by atoms with Crippen LogP contribution in [0.3, 0.4) is 0 Å². The van der Waals surface area contributed by atoms with E-state index in [4.69, 9.17) is 13.7 Å². The van der Waals surface area contributed by atoms with Gasteiger partial charge in [0.1, 0.15) is 11.5 Å². The first kappa shape index (κ1) is 19.3. The van der Waals surface area contributed by atoms with E-state index in [0.717, 1.165) is 22.4 Å². The minimum atomic E-state index is -3.81. The van der Waals surface area contributed by atoms with Crippen molar-refractivity contribution in [3.05, 3.63) is 53.1 Å². The van der Waals surface area contributed by atoms with Gasteiger partial charge in [0.25, 0.3) is 10.1 Å². The van der Waals surface area contributed by atoms with Crippen molar-refractivity contribution in [2.75, 3.05) is 14.2 Å². The van der Waals surface area contributed by atoms with Gasteiger partial charge in [-0.15, -0.1) is 0 Å². The standard InChI is InChI=1S/C19H24O5S/c1-13-6-8-17(9-7-13)25(20,21)24-15(3)11-16-12-18(22-4)14(2)10-19(16)23-5/h6-10,12,15H,11H2,1-5H3/t15-/m0/s1. The van der Waals surface area contributed by atoms with Crippen molar-refractivity contribution in [2.45, 2.75) is 38.2 Å². The molecule has 0 unspecified atom stereocenters. The lowest BCUT2D eigenvalue weighted by Gasteiger charge is -2.17. The summed E-state index contributed by atoms with van der Waals surface area (Å²) in [5.41, 5.74) is 2.77. The Morgan fingerprint density at radius 1 is 0.960 bits per heavy atom. The lowest BCUT2D eigenvalue weighted by molar-refractivity contribution is 0.227. The summed E-state index contributed by atoms with van der Waals surface area (Å²) in [6, 6.07) is 10.3. The molecule has 0 aliphatic carbocycles. The lowest BCUT2D eigenvalue weighted by Crippen LogP contribution is -2.18. The molecule has 0 amide bonds. The number of ether oxygens (including phenoxy) is 2. The maximum absolute atomic E-state index is 12.4. The predicted molar refractivity (Wildman–Crippen MR) is 96.9 cm³/mol. The Hall–Kier alpha value is -2.05. The largest absolute Gasteiger partial charge is 0.496 e. The molecule has 1 atom stereocenters. The van der Waals surface area contributed by atoms with Gasteiger partial charge in [-0.2, -0.15) is 8.42 Å². The van der Waals surface area contributed by atoms with Crippen LogP contribution in [0.5, 0.6) is 11.5 Å². The molecule has 2 aromatic carbocycles. The molecule has 2 rings (SSSR count). The SMILES string of the molecule is COc1cc(C[C@H](C)OS(=O)(=O)c2ccc(C)cc2)c(OC)cc1C. The molecule has 2 aromatic rings. The summed E-state index contributed by atoms with van der Waals surface area (Å²) in [5.74, 6) is 1.41. The maximum atomic E-state index is 12.4. The number of methoxy groups -OCH3 is 2. The van der Waals surface area contributed by atoms with E-state index in [1.807, 2.05) is 26.0 Å². The molecule has 0 N–H and O–H groups in total. The van der Waals surface area contributed by atoms with Gasteiger partial charge in [0.05, 0.1) is 25.2 Å². The molecular weight excluding hydrogens is 340 g/mol. The van der Waals surface area contributed by atoms with Gasteiger partial charge in [0, 0.05) is 12.0 Å². The Morgan fingerprint density at radius 3 is 2.12 bits per heavy atom. The van der Waals surface area contributed by atoms with Crippen LogP contribution in [-0.2, 0) is 20.7 Å². The highest BCUT2D eigenvalue weighted by molar-refractivity contribution is 7.86. The molecule has 5 nitrogen and oxygen atoms in total. The number of hydrogen-bond donors (Lipinski definition) is 0. The Labute approximate surface area is 149 Å². The molecule has 0 spiro atoms. The summed E-state index contributed by atoms with van der Waals surface area (Å²) in [6.07, 6.45) is -0.169. The summed E-state index contributed by atoms with van der Waals surface area (Å²) >= 11 is 0. The van der Waals surface area contributed by atoms with Crippen molar-refractivity contribution >= 4 is 10.1 Å². The van der Waals surface area contributed by atoms with E-state index in [0.29, 0.717) is 12.2 Å². The highest BCUT2D eigenvalue weighted by Gasteiger charge is 2.21. The fourth-order valence-electron chi connectivity index (χ4n) is 2.59. The van der Waals surface area contributed by atoms with E-state index in [2.05, 4.69) is 0 Å². The normalized spacial score (nSPS) is 12.7. The molecule has 0 heterocycles. The first-order chi connectivity index (χ1) is 11.8. The number of aryl methyl sites for hydroxylation is 2. The van der Waals surface area contributed by atoms with Gasteiger partial charge < -0.3 is 9.47 Å². The molecule has 0 saturated heterocycles. The van der Waals surface area contributed by atoms with E-state index in [1.54, 1.807) is 45.4 Å². The molecule has 0 aliphatic heterocycles. The smallest absolute Gasteiger partial charge is 0.297 e. The quantitative estimate of drug-likeness (QED) is 0.702. The molecule has 0 aromatic heterocycles. The first-order valence-electron chi connectivity index (χ1n) is 7.98.